The number of hydrogen-bond donors (Lipinski definition) is 2. The van der Waals surface area contributed by atoms with Gasteiger partial charge in [0.2, 0.25) is 0 Å². The number of benzene rings is 1. The summed E-state index contributed by atoms with van der Waals surface area (Å²) >= 11 is 5.77. The van der Waals surface area contributed by atoms with Crippen LogP contribution in [0.1, 0.15) is 10.5 Å². The monoisotopic (exact) mass is 314 g/mol. The zero-order valence-electron chi connectivity index (χ0n) is 10.4. The van der Waals surface area contributed by atoms with Gasteiger partial charge in [-0.05, 0) is 24.3 Å². The fourth-order valence-corrected chi connectivity index (χ4v) is 2.97. The molecular formula is C12H11ClN2O4S. The van der Waals surface area contributed by atoms with Gasteiger partial charge in [0.25, 0.3) is 10.0 Å². The molecule has 0 aliphatic rings. The molecule has 0 fully saturated rings. The van der Waals surface area contributed by atoms with Gasteiger partial charge in [0.05, 0.1) is 5.69 Å². The van der Waals surface area contributed by atoms with Gasteiger partial charge in [-0.3, -0.25) is 4.72 Å². The number of aromatic carboxylic acids is 1. The number of nitrogens with zero attached hydrogens (tertiary/aromatic N) is 1. The van der Waals surface area contributed by atoms with Crippen molar-refractivity contribution < 1.29 is 18.3 Å². The number of sulfonamides is 1. The lowest BCUT2D eigenvalue weighted by Crippen LogP contribution is -2.12. The largest absolute Gasteiger partial charge is 0.477 e. The molecule has 2 aromatic rings. The van der Waals surface area contributed by atoms with Gasteiger partial charge in [-0.15, -0.1) is 0 Å². The lowest BCUT2D eigenvalue weighted by molar-refractivity contribution is 0.0686. The summed E-state index contributed by atoms with van der Waals surface area (Å²) < 4.78 is 27.8. The van der Waals surface area contributed by atoms with Crippen LogP contribution in [-0.4, -0.2) is 24.1 Å². The molecule has 0 bridgehead atoms. The van der Waals surface area contributed by atoms with Crippen molar-refractivity contribution in [3.8, 4) is 0 Å². The maximum absolute atomic E-state index is 12.1. The second-order valence-electron chi connectivity index (χ2n) is 4.09. The second-order valence-corrected chi connectivity index (χ2v) is 6.21. The summed E-state index contributed by atoms with van der Waals surface area (Å²) in [7, 11) is -2.40. The topological polar surface area (TPSA) is 88.4 Å². The quantitative estimate of drug-likeness (QED) is 0.905. The molecule has 0 saturated carbocycles. The smallest absolute Gasteiger partial charge is 0.352 e. The summed E-state index contributed by atoms with van der Waals surface area (Å²) in [5.74, 6) is -1.20. The van der Waals surface area contributed by atoms with Gasteiger partial charge in [-0.2, -0.15) is 0 Å². The van der Waals surface area contributed by atoms with E-state index in [0.29, 0.717) is 10.7 Å². The van der Waals surface area contributed by atoms with Crippen molar-refractivity contribution in [2.75, 3.05) is 4.72 Å². The van der Waals surface area contributed by atoms with E-state index in [1.54, 1.807) is 18.2 Å². The highest BCUT2D eigenvalue weighted by Gasteiger charge is 2.20. The minimum absolute atomic E-state index is 0.114. The summed E-state index contributed by atoms with van der Waals surface area (Å²) in [6.07, 6.45) is 1.23. The summed E-state index contributed by atoms with van der Waals surface area (Å²) in [4.78, 5) is 10.8. The first-order valence-electron chi connectivity index (χ1n) is 5.47. The molecule has 106 valence electrons. The molecule has 20 heavy (non-hydrogen) atoms. The fourth-order valence-electron chi connectivity index (χ4n) is 1.66. The van der Waals surface area contributed by atoms with Crippen molar-refractivity contribution in [2.24, 2.45) is 7.05 Å². The zero-order chi connectivity index (χ0) is 14.9. The molecule has 0 aliphatic carbocycles. The third kappa shape index (κ3) is 2.94. The second kappa shape index (κ2) is 5.18. The molecule has 1 aromatic carbocycles. The van der Waals surface area contributed by atoms with Crippen LogP contribution in [0, 0.1) is 0 Å². The standard InChI is InChI=1S/C12H11ClN2O4S/c1-15-7-10(6-11(15)12(16)17)20(18,19)14-9-4-2-3-8(13)5-9/h2-7,14H,1H3,(H,16,17). The van der Waals surface area contributed by atoms with E-state index >= 15 is 0 Å². The van der Waals surface area contributed by atoms with Crippen molar-refractivity contribution in [1.82, 2.24) is 4.57 Å². The minimum atomic E-state index is -3.86. The number of carboxylic acids is 1. The highest BCUT2D eigenvalue weighted by molar-refractivity contribution is 7.92. The molecular weight excluding hydrogens is 304 g/mol. The molecule has 2 N–H and O–H groups in total. The number of rotatable bonds is 4. The first-order chi connectivity index (χ1) is 9.29. The number of nitrogens with one attached hydrogen (secondary N) is 1. The number of aromatic nitrogens is 1. The zero-order valence-corrected chi connectivity index (χ0v) is 11.9. The van der Waals surface area contributed by atoms with Gasteiger partial charge >= 0.3 is 5.97 Å². The van der Waals surface area contributed by atoms with Crippen molar-refractivity contribution in [2.45, 2.75) is 4.90 Å². The van der Waals surface area contributed by atoms with Crippen LogP contribution in [0.5, 0.6) is 0 Å². The highest BCUT2D eigenvalue weighted by atomic mass is 35.5. The Bertz CT molecular complexity index is 768. The van der Waals surface area contributed by atoms with Crippen LogP contribution in [0.2, 0.25) is 5.02 Å². The Morgan fingerprint density at radius 3 is 2.60 bits per heavy atom. The van der Waals surface area contributed by atoms with E-state index in [9.17, 15) is 13.2 Å². The Balaban J connectivity index is 2.36. The summed E-state index contributed by atoms with van der Waals surface area (Å²) in [5.41, 5.74) is 0.190. The van der Waals surface area contributed by atoms with Crippen LogP contribution in [-0.2, 0) is 17.1 Å². The molecule has 0 radical (unpaired) electrons. The van der Waals surface area contributed by atoms with E-state index in [4.69, 9.17) is 16.7 Å². The molecule has 1 aromatic heterocycles. The Kier molecular flexibility index (Phi) is 3.74. The first-order valence-corrected chi connectivity index (χ1v) is 7.34. The van der Waals surface area contributed by atoms with E-state index < -0.39 is 16.0 Å². The van der Waals surface area contributed by atoms with Crippen molar-refractivity contribution in [3.05, 3.63) is 47.2 Å². The number of carboxylic acid groups (broad SMARTS) is 1. The SMILES string of the molecule is Cn1cc(S(=O)(=O)Nc2cccc(Cl)c2)cc1C(=O)O. The van der Waals surface area contributed by atoms with Crippen LogP contribution >= 0.6 is 11.6 Å². The normalized spacial score (nSPS) is 11.3. The molecule has 1 heterocycles. The fraction of sp³-hybridized carbons (Fsp3) is 0.0833. The predicted molar refractivity (Wildman–Crippen MR) is 74.6 cm³/mol. The molecule has 0 aliphatic heterocycles. The van der Waals surface area contributed by atoms with E-state index in [1.165, 1.54) is 23.9 Å². The van der Waals surface area contributed by atoms with Crippen molar-refractivity contribution >= 4 is 33.3 Å². The average molecular weight is 315 g/mol. The average Bonchev–Trinajstić information content (AvgIpc) is 2.71. The van der Waals surface area contributed by atoms with Gasteiger partial charge in [0.1, 0.15) is 10.6 Å². The molecule has 6 nitrogen and oxygen atoms in total. The number of aryl methyl sites for hydroxylation is 1. The predicted octanol–water partition coefficient (Wildman–Crippen LogP) is 2.18. The van der Waals surface area contributed by atoms with E-state index in [0.717, 1.165) is 6.07 Å². The molecule has 0 atom stereocenters. The van der Waals surface area contributed by atoms with Gasteiger partial charge in [0, 0.05) is 18.3 Å². The van der Waals surface area contributed by atoms with Crippen LogP contribution < -0.4 is 4.72 Å². The van der Waals surface area contributed by atoms with Gasteiger partial charge in [-0.25, -0.2) is 13.2 Å². The number of hydrogen-bond acceptors (Lipinski definition) is 3. The lowest BCUT2D eigenvalue weighted by atomic mass is 10.3. The molecule has 8 heteroatoms. The number of carbonyl (C=O) groups is 1. The maximum atomic E-state index is 12.1. The van der Waals surface area contributed by atoms with Gasteiger partial charge in [-0.1, -0.05) is 17.7 Å². The Morgan fingerprint density at radius 1 is 1.35 bits per heavy atom. The van der Waals surface area contributed by atoms with Crippen LogP contribution in [0.4, 0.5) is 5.69 Å². The third-order valence-corrected chi connectivity index (χ3v) is 4.17. The van der Waals surface area contributed by atoms with E-state index in [-0.39, 0.29) is 10.6 Å². The maximum Gasteiger partial charge on any atom is 0.352 e. The molecule has 0 spiro atoms. The Hall–Kier alpha value is -1.99. The van der Waals surface area contributed by atoms with Gasteiger partial charge < -0.3 is 9.67 Å². The summed E-state index contributed by atoms with van der Waals surface area (Å²) in [5, 5.41) is 9.31. The van der Waals surface area contributed by atoms with Crippen LogP contribution in [0.3, 0.4) is 0 Å². The molecule has 0 amide bonds. The van der Waals surface area contributed by atoms with Gasteiger partial charge in [0.15, 0.2) is 0 Å². The molecule has 2 rings (SSSR count). The van der Waals surface area contributed by atoms with E-state index in [1.807, 2.05) is 0 Å². The first kappa shape index (κ1) is 14.4. The Labute approximate surface area is 120 Å². The third-order valence-electron chi connectivity index (χ3n) is 2.59. The van der Waals surface area contributed by atoms with E-state index in [2.05, 4.69) is 4.72 Å². The number of anilines is 1. The van der Waals surface area contributed by atoms with Crippen LogP contribution in [0.25, 0.3) is 0 Å². The Morgan fingerprint density at radius 2 is 2.05 bits per heavy atom. The van der Waals surface area contributed by atoms with Crippen molar-refractivity contribution in [3.63, 3.8) is 0 Å². The minimum Gasteiger partial charge on any atom is -0.477 e. The molecule has 0 saturated heterocycles. The van der Waals surface area contributed by atoms with Crippen LogP contribution in [0.15, 0.2) is 41.4 Å². The summed E-state index contributed by atoms with van der Waals surface area (Å²) in [6.45, 7) is 0. The molecule has 0 unspecified atom stereocenters. The lowest BCUT2D eigenvalue weighted by Gasteiger charge is -2.06. The summed E-state index contributed by atoms with van der Waals surface area (Å²) in [6, 6.07) is 7.32. The number of halogens is 1. The highest BCUT2D eigenvalue weighted by Crippen LogP contribution is 2.20. The van der Waals surface area contributed by atoms with Crippen molar-refractivity contribution in [1.29, 1.82) is 0 Å².